The SMILES string of the molecule is Cc1ccc(Cl)cc1-c1nnc(Cl)o1. The molecule has 72 valence electrons. The molecule has 2 aromatic rings. The molecule has 14 heavy (non-hydrogen) atoms. The molecule has 0 aliphatic rings. The minimum atomic E-state index is 0.0272. The smallest absolute Gasteiger partial charge is 0.313 e. The zero-order valence-corrected chi connectivity index (χ0v) is 8.80. The molecule has 2 rings (SSSR count). The van der Waals surface area contributed by atoms with Crippen molar-refractivity contribution < 1.29 is 4.42 Å². The van der Waals surface area contributed by atoms with E-state index >= 15 is 0 Å². The minimum absolute atomic E-state index is 0.0272. The highest BCUT2D eigenvalue weighted by Crippen LogP contribution is 2.26. The van der Waals surface area contributed by atoms with Crippen molar-refractivity contribution in [2.45, 2.75) is 6.92 Å². The molecule has 0 saturated heterocycles. The third kappa shape index (κ3) is 1.74. The van der Waals surface area contributed by atoms with Crippen LogP contribution in [0.25, 0.3) is 11.5 Å². The summed E-state index contributed by atoms with van der Waals surface area (Å²) >= 11 is 11.4. The van der Waals surface area contributed by atoms with Gasteiger partial charge in [-0.3, -0.25) is 0 Å². The Morgan fingerprint density at radius 1 is 1.21 bits per heavy atom. The van der Waals surface area contributed by atoms with Crippen LogP contribution in [0.3, 0.4) is 0 Å². The lowest BCUT2D eigenvalue weighted by atomic mass is 10.1. The first-order chi connectivity index (χ1) is 6.66. The van der Waals surface area contributed by atoms with Gasteiger partial charge in [0.15, 0.2) is 0 Å². The Labute approximate surface area is 90.7 Å². The van der Waals surface area contributed by atoms with Crippen molar-refractivity contribution >= 4 is 23.2 Å². The Balaban J connectivity index is 2.55. The third-order valence-corrected chi connectivity index (χ3v) is 2.22. The van der Waals surface area contributed by atoms with Crippen LogP contribution in [-0.2, 0) is 0 Å². The first kappa shape index (κ1) is 9.49. The van der Waals surface area contributed by atoms with Gasteiger partial charge in [0.2, 0.25) is 5.89 Å². The van der Waals surface area contributed by atoms with E-state index < -0.39 is 0 Å². The second kappa shape index (κ2) is 3.59. The van der Waals surface area contributed by atoms with Crippen LogP contribution in [0.15, 0.2) is 22.6 Å². The summed E-state index contributed by atoms with van der Waals surface area (Å²) in [5, 5.41) is 8.00. The van der Waals surface area contributed by atoms with E-state index in [1.54, 1.807) is 12.1 Å². The van der Waals surface area contributed by atoms with Gasteiger partial charge in [-0.25, -0.2) is 0 Å². The van der Waals surface area contributed by atoms with Crippen LogP contribution in [0, 0.1) is 6.92 Å². The van der Waals surface area contributed by atoms with Crippen molar-refractivity contribution in [1.82, 2.24) is 10.2 Å². The Morgan fingerprint density at radius 3 is 2.64 bits per heavy atom. The number of nitrogens with zero attached hydrogens (tertiary/aromatic N) is 2. The molecule has 0 radical (unpaired) electrons. The summed E-state index contributed by atoms with van der Waals surface area (Å²) in [5.74, 6) is 0.384. The lowest BCUT2D eigenvalue weighted by Gasteiger charge is -2.00. The summed E-state index contributed by atoms with van der Waals surface area (Å²) in [6.45, 7) is 1.93. The Kier molecular flexibility index (Phi) is 2.44. The number of aryl methyl sites for hydroxylation is 1. The average molecular weight is 229 g/mol. The van der Waals surface area contributed by atoms with Gasteiger partial charge in [-0.15, -0.1) is 5.10 Å². The lowest BCUT2D eigenvalue weighted by Crippen LogP contribution is -1.83. The molecule has 0 aliphatic heterocycles. The fraction of sp³-hybridized carbons (Fsp3) is 0.111. The zero-order chi connectivity index (χ0) is 10.1. The van der Waals surface area contributed by atoms with E-state index in [0.717, 1.165) is 11.1 Å². The highest BCUT2D eigenvalue weighted by Gasteiger charge is 2.09. The van der Waals surface area contributed by atoms with Crippen LogP contribution in [0.5, 0.6) is 0 Å². The lowest BCUT2D eigenvalue weighted by molar-refractivity contribution is 0.570. The van der Waals surface area contributed by atoms with E-state index in [1.807, 2.05) is 13.0 Å². The minimum Gasteiger partial charge on any atom is -0.407 e. The fourth-order valence-corrected chi connectivity index (χ4v) is 1.42. The number of rotatable bonds is 1. The maximum atomic E-state index is 5.85. The van der Waals surface area contributed by atoms with E-state index in [1.165, 1.54) is 0 Å². The number of halogens is 2. The zero-order valence-electron chi connectivity index (χ0n) is 7.29. The van der Waals surface area contributed by atoms with Gasteiger partial charge in [-0.1, -0.05) is 22.8 Å². The van der Waals surface area contributed by atoms with Gasteiger partial charge < -0.3 is 4.42 Å². The van der Waals surface area contributed by atoms with Crippen LogP contribution < -0.4 is 0 Å². The quantitative estimate of drug-likeness (QED) is 0.752. The maximum Gasteiger partial charge on any atom is 0.313 e. The molecule has 1 aromatic carbocycles. The van der Waals surface area contributed by atoms with Crippen LogP contribution in [-0.4, -0.2) is 10.2 Å². The average Bonchev–Trinajstić information content (AvgIpc) is 2.56. The van der Waals surface area contributed by atoms with Gasteiger partial charge in [-0.2, -0.15) is 0 Å². The van der Waals surface area contributed by atoms with E-state index in [0.29, 0.717) is 10.9 Å². The third-order valence-electron chi connectivity index (χ3n) is 1.83. The number of hydrogen-bond acceptors (Lipinski definition) is 3. The normalized spacial score (nSPS) is 10.5. The molecule has 5 heteroatoms. The molecule has 0 aliphatic carbocycles. The van der Waals surface area contributed by atoms with Crippen molar-refractivity contribution in [2.75, 3.05) is 0 Å². The first-order valence-electron chi connectivity index (χ1n) is 3.92. The second-order valence-corrected chi connectivity index (χ2v) is 3.58. The Bertz CT molecular complexity index is 468. The van der Waals surface area contributed by atoms with Gasteiger partial charge >= 0.3 is 5.35 Å². The second-order valence-electron chi connectivity index (χ2n) is 2.82. The van der Waals surface area contributed by atoms with Crippen molar-refractivity contribution in [3.05, 3.63) is 34.1 Å². The van der Waals surface area contributed by atoms with Gasteiger partial charge in [0, 0.05) is 10.6 Å². The van der Waals surface area contributed by atoms with Gasteiger partial charge in [0.25, 0.3) is 0 Å². The molecule has 3 nitrogen and oxygen atoms in total. The van der Waals surface area contributed by atoms with Crippen LogP contribution >= 0.6 is 23.2 Å². The summed E-state index contributed by atoms with van der Waals surface area (Å²) in [5.41, 5.74) is 1.81. The molecular formula is C9H6Cl2N2O. The number of benzene rings is 1. The number of aromatic nitrogens is 2. The van der Waals surface area contributed by atoms with E-state index in [9.17, 15) is 0 Å². The molecular weight excluding hydrogens is 223 g/mol. The molecule has 1 aromatic heterocycles. The molecule has 1 heterocycles. The molecule has 0 atom stereocenters. The Hall–Kier alpha value is -1.06. The number of hydrogen-bond donors (Lipinski definition) is 0. The standard InChI is InChI=1S/C9H6Cl2N2O/c1-5-2-3-6(10)4-7(5)8-12-13-9(11)14-8/h2-4H,1H3. The van der Waals surface area contributed by atoms with Crippen molar-refractivity contribution in [2.24, 2.45) is 0 Å². The highest BCUT2D eigenvalue weighted by atomic mass is 35.5. The van der Waals surface area contributed by atoms with E-state index in [4.69, 9.17) is 27.6 Å². The summed E-state index contributed by atoms with van der Waals surface area (Å²) in [4.78, 5) is 0. The van der Waals surface area contributed by atoms with Gasteiger partial charge in [0.1, 0.15) is 0 Å². The largest absolute Gasteiger partial charge is 0.407 e. The van der Waals surface area contributed by atoms with Crippen molar-refractivity contribution in [3.63, 3.8) is 0 Å². The van der Waals surface area contributed by atoms with Crippen LogP contribution in [0.1, 0.15) is 5.56 Å². The molecule has 0 bridgehead atoms. The molecule has 0 N–H and O–H groups in total. The molecule has 0 saturated carbocycles. The van der Waals surface area contributed by atoms with E-state index in [2.05, 4.69) is 10.2 Å². The summed E-state index contributed by atoms with van der Waals surface area (Å²) in [7, 11) is 0. The molecule has 0 spiro atoms. The topological polar surface area (TPSA) is 38.9 Å². The predicted octanol–water partition coefficient (Wildman–Crippen LogP) is 3.35. The van der Waals surface area contributed by atoms with Crippen molar-refractivity contribution in [1.29, 1.82) is 0 Å². The highest BCUT2D eigenvalue weighted by molar-refractivity contribution is 6.30. The molecule has 0 amide bonds. The van der Waals surface area contributed by atoms with Crippen LogP contribution in [0.2, 0.25) is 10.4 Å². The summed E-state index contributed by atoms with van der Waals surface area (Å²) in [6.07, 6.45) is 0. The maximum absolute atomic E-state index is 5.85. The van der Waals surface area contributed by atoms with Crippen molar-refractivity contribution in [3.8, 4) is 11.5 Å². The molecule has 0 fully saturated rings. The summed E-state index contributed by atoms with van der Waals surface area (Å²) < 4.78 is 5.09. The Morgan fingerprint density at radius 2 is 2.00 bits per heavy atom. The van der Waals surface area contributed by atoms with Gasteiger partial charge in [-0.05, 0) is 36.2 Å². The van der Waals surface area contributed by atoms with Crippen LogP contribution in [0.4, 0.5) is 0 Å². The molecule has 0 unspecified atom stereocenters. The predicted molar refractivity (Wildman–Crippen MR) is 54.5 cm³/mol. The van der Waals surface area contributed by atoms with E-state index in [-0.39, 0.29) is 5.35 Å². The monoisotopic (exact) mass is 228 g/mol. The fourth-order valence-electron chi connectivity index (χ4n) is 1.14. The summed E-state index contributed by atoms with van der Waals surface area (Å²) in [6, 6.07) is 5.45. The first-order valence-corrected chi connectivity index (χ1v) is 4.68. The van der Waals surface area contributed by atoms with Gasteiger partial charge in [0.05, 0.1) is 0 Å².